The van der Waals surface area contributed by atoms with Crippen LogP contribution in [0.4, 0.5) is 5.69 Å². The van der Waals surface area contributed by atoms with Gasteiger partial charge >= 0.3 is 0 Å². The van der Waals surface area contributed by atoms with Gasteiger partial charge in [0.15, 0.2) is 0 Å². The van der Waals surface area contributed by atoms with E-state index < -0.39 is 0 Å². The Morgan fingerprint density at radius 2 is 1.72 bits per heavy atom. The molecule has 0 bridgehead atoms. The first-order chi connectivity index (χ1) is 8.50. The third kappa shape index (κ3) is 2.12. The summed E-state index contributed by atoms with van der Waals surface area (Å²) in [4.78, 5) is 10.8. The SMILES string of the molecule is Cc1ccc(-c2c(C)cccc2[N+](=O)[O-])c(C)c1. The fourth-order valence-corrected chi connectivity index (χ4v) is 2.25. The van der Waals surface area contributed by atoms with Gasteiger partial charge in [-0.25, -0.2) is 0 Å². The van der Waals surface area contributed by atoms with Crippen molar-refractivity contribution in [2.24, 2.45) is 0 Å². The first-order valence-corrected chi connectivity index (χ1v) is 5.82. The van der Waals surface area contributed by atoms with Gasteiger partial charge < -0.3 is 0 Å². The molecular weight excluding hydrogens is 226 g/mol. The minimum Gasteiger partial charge on any atom is -0.258 e. The highest BCUT2D eigenvalue weighted by Crippen LogP contribution is 2.34. The predicted molar refractivity (Wildman–Crippen MR) is 72.7 cm³/mol. The lowest BCUT2D eigenvalue weighted by Gasteiger charge is -2.10. The summed E-state index contributed by atoms with van der Waals surface area (Å²) in [5.74, 6) is 0. The largest absolute Gasteiger partial charge is 0.277 e. The molecule has 0 unspecified atom stereocenters. The van der Waals surface area contributed by atoms with Crippen molar-refractivity contribution in [3.8, 4) is 11.1 Å². The lowest BCUT2D eigenvalue weighted by Crippen LogP contribution is -1.96. The summed E-state index contributed by atoms with van der Waals surface area (Å²) in [6.45, 7) is 5.91. The number of nitro benzene ring substituents is 1. The minimum atomic E-state index is -0.318. The molecule has 0 spiro atoms. The predicted octanol–water partition coefficient (Wildman–Crippen LogP) is 4.19. The van der Waals surface area contributed by atoms with Gasteiger partial charge in [-0.15, -0.1) is 0 Å². The van der Waals surface area contributed by atoms with Crippen LogP contribution in [0.5, 0.6) is 0 Å². The van der Waals surface area contributed by atoms with Crippen LogP contribution in [0.1, 0.15) is 16.7 Å². The van der Waals surface area contributed by atoms with Crippen molar-refractivity contribution in [2.75, 3.05) is 0 Å². The molecule has 0 heterocycles. The molecule has 2 aromatic rings. The van der Waals surface area contributed by atoms with Gasteiger partial charge in [0, 0.05) is 6.07 Å². The molecule has 2 aromatic carbocycles. The van der Waals surface area contributed by atoms with E-state index in [1.165, 1.54) is 0 Å². The number of nitro groups is 1. The van der Waals surface area contributed by atoms with Crippen LogP contribution in [0.15, 0.2) is 36.4 Å². The van der Waals surface area contributed by atoms with E-state index in [-0.39, 0.29) is 10.6 Å². The van der Waals surface area contributed by atoms with Crippen LogP contribution in [0.3, 0.4) is 0 Å². The Bertz CT molecular complexity index is 618. The van der Waals surface area contributed by atoms with E-state index >= 15 is 0 Å². The molecule has 0 saturated carbocycles. The third-order valence-electron chi connectivity index (χ3n) is 3.10. The molecule has 0 aliphatic carbocycles. The topological polar surface area (TPSA) is 43.1 Å². The fraction of sp³-hybridized carbons (Fsp3) is 0.200. The molecule has 0 N–H and O–H groups in total. The Morgan fingerprint density at radius 1 is 1.00 bits per heavy atom. The average molecular weight is 241 g/mol. The van der Waals surface area contributed by atoms with Crippen molar-refractivity contribution in [2.45, 2.75) is 20.8 Å². The second-order valence-electron chi connectivity index (χ2n) is 4.54. The van der Waals surface area contributed by atoms with Gasteiger partial charge in [0.2, 0.25) is 0 Å². The first kappa shape index (κ1) is 12.3. The Morgan fingerprint density at radius 3 is 2.33 bits per heavy atom. The molecule has 2 rings (SSSR count). The molecule has 0 aliphatic heterocycles. The summed E-state index contributed by atoms with van der Waals surface area (Å²) in [5, 5.41) is 11.1. The smallest absolute Gasteiger partial charge is 0.258 e. The Labute approximate surface area is 106 Å². The Balaban J connectivity index is 2.74. The van der Waals surface area contributed by atoms with E-state index in [0.29, 0.717) is 0 Å². The van der Waals surface area contributed by atoms with Crippen molar-refractivity contribution in [1.82, 2.24) is 0 Å². The second kappa shape index (κ2) is 4.61. The van der Waals surface area contributed by atoms with Crippen molar-refractivity contribution in [3.05, 3.63) is 63.2 Å². The standard InChI is InChI=1S/C15H15NO2/c1-10-7-8-13(12(3)9-10)15-11(2)5-4-6-14(15)16(17)18/h4-9H,1-3H3. The van der Waals surface area contributed by atoms with E-state index in [4.69, 9.17) is 0 Å². The molecule has 92 valence electrons. The van der Waals surface area contributed by atoms with Crippen molar-refractivity contribution < 1.29 is 4.92 Å². The molecule has 0 fully saturated rings. The highest BCUT2D eigenvalue weighted by molar-refractivity contribution is 5.79. The summed E-state index contributed by atoms with van der Waals surface area (Å²) in [6, 6.07) is 11.2. The molecule has 0 aliphatic rings. The Hall–Kier alpha value is -2.16. The molecule has 18 heavy (non-hydrogen) atoms. The number of rotatable bonds is 2. The van der Waals surface area contributed by atoms with Crippen LogP contribution in [0.25, 0.3) is 11.1 Å². The quantitative estimate of drug-likeness (QED) is 0.584. The van der Waals surface area contributed by atoms with Crippen LogP contribution < -0.4 is 0 Å². The van der Waals surface area contributed by atoms with Gasteiger partial charge in [-0.2, -0.15) is 0 Å². The summed E-state index contributed by atoms with van der Waals surface area (Å²) in [7, 11) is 0. The number of hydrogen-bond acceptors (Lipinski definition) is 2. The summed E-state index contributed by atoms with van der Waals surface area (Å²) in [6.07, 6.45) is 0. The lowest BCUT2D eigenvalue weighted by atomic mass is 9.94. The second-order valence-corrected chi connectivity index (χ2v) is 4.54. The zero-order valence-corrected chi connectivity index (χ0v) is 10.7. The van der Waals surface area contributed by atoms with Crippen LogP contribution in [-0.2, 0) is 0 Å². The monoisotopic (exact) mass is 241 g/mol. The summed E-state index contributed by atoms with van der Waals surface area (Å²) in [5.41, 5.74) is 4.98. The van der Waals surface area contributed by atoms with Gasteiger partial charge in [-0.1, -0.05) is 35.9 Å². The highest BCUT2D eigenvalue weighted by Gasteiger charge is 2.18. The number of nitrogens with zero attached hydrogens (tertiary/aromatic N) is 1. The molecule has 3 heteroatoms. The third-order valence-corrected chi connectivity index (χ3v) is 3.10. The highest BCUT2D eigenvalue weighted by atomic mass is 16.6. The van der Waals surface area contributed by atoms with Crippen LogP contribution in [-0.4, -0.2) is 4.92 Å². The molecule has 0 aromatic heterocycles. The van der Waals surface area contributed by atoms with Gasteiger partial charge in [0.05, 0.1) is 10.5 Å². The van der Waals surface area contributed by atoms with E-state index in [1.54, 1.807) is 12.1 Å². The normalized spacial score (nSPS) is 10.4. The van der Waals surface area contributed by atoms with E-state index in [1.807, 2.05) is 45.0 Å². The zero-order valence-electron chi connectivity index (χ0n) is 10.7. The molecule has 0 atom stereocenters. The van der Waals surface area contributed by atoms with Crippen LogP contribution in [0.2, 0.25) is 0 Å². The Kier molecular flexibility index (Phi) is 3.15. The van der Waals surface area contributed by atoms with Gasteiger partial charge in [0.25, 0.3) is 5.69 Å². The van der Waals surface area contributed by atoms with Gasteiger partial charge in [-0.3, -0.25) is 10.1 Å². The van der Waals surface area contributed by atoms with E-state index in [9.17, 15) is 10.1 Å². The first-order valence-electron chi connectivity index (χ1n) is 5.82. The minimum absolute atomic E-state index is 0.168. The zero-order chi connectivity index (χ0) is 13.3. The molecule has 0 amide bonds. The fourth-order valence-electron chi connectivity index (χ4n) is 2.25. The van der Waals surface area contributed by atoms with E-state index in [0.717, 1.165) is 27.8 Å². The molecule has 0 radical (unpaired) electrons. The molecule has 3 nitrogen and oxygen atoms in total. The molecular formula is C15H15NO2. The number of hydrogen-bond donors (Lipinski definition) is 0. The van der Waals surface area contributed by atoms with Crippen LogP contribution in [0, 0.1) is 30.9 Å². The summed E-state index contributed by atoms with van der Waals surface area (Å²) < 4.78 is 0. The van der Waals surface area contributed by atoms with Crippen LogP contribution >= 0.6 is 0 Å². The average Bonchev–Trinajstić information content (AvgIpc) is 2.29. The molecule has 0 saturated heterocycles. The summed E-state index contributed by atoms with van der Waals surface area (Å²) >= 11 is 0. The number of aryl methyl sites for hydroxylation is 3. The van der Waals surface area contributed by atoms with E-state index in [2.05, 4.69) is 0 Å². The maximum absolute atomic E-state index is 11.1. The van der Waals surface area contributed by atoms with Crippen molar-refractivity contribution in [1.29, 1.82) is 0 Å². The number of benzene rings is 2. The van der Waals surface area contributed by atoms with Gasteiger partial charge in [0.1, 0.15) is 0 Å². The van der Waals surface area contributed by atoms with Crippen molar-refractivity contribution >= 4 is 5.69 Å². The van der Waals surface area contributed by atoms with Crippen molar-refractivity contribution in [3.63, 3.8) is 0 Å². The maximum Gasteiger partial charge on any atom is 0.277 e. The maximum atomic E-state index is 11.1. The lowest BCUT2D eigenvalue weighted by molar-refractivity contribution is -0.384. The van der Waals surface area contributed by atoms with Gasteiger partial charge in [-0.05, 0) is 37.5 Å².